The van der Waals surface area contributed by atoms with E-state index in [1.807, 2.05) is 83.8 Å². The fraction of sp³-hybridized carbons (Fsp3) is 0.325. The summed E-state index contributed by atoms with van der Waals surface area (Å²) in [7, 11) is 4.67. The van der Waals surface area contributed by atoms with Crippen LogP contribution in [0.25, 0.3) is 33.5 Å². The number of carbonyl (C=O) groups excluding carboxylic acids is 1. The van der Waals surface area contributed by atoms with Crippen LogP contribution in [0.1, 0.15) is 30.4 Å². The lowest BCUT2D eigenvalue weighted by Crippen LogP contribution is -2.42. The lowest BCUT2D eigenvalue weighted by Gasteiger charge is -2.27. The molecule has 1 fully saturated rings. The lowest BCUT2D eigenvalue weighted by atomic mass is 10.1. The molecule has 1 saturated heterocycles. The molecular weight excluding hydrogens is 662 g/mol. The summed E-state index contributed by atoms with van der Waals surface area (Å²) in [6.45, 7) is 3.01. The first-order chi connectivity index (χ1) is 25.4. The van der Waals surface area contributed by atoms with Crippen LogP contribution in [-0.4, -0.2) is 72.2 Å². The number of methoxy groups -OCH3 is 3. The molecule has 1 N–H and O–H groups in total. The van der Waals surface area contributed by atoms with Gasteiger partial charge in [0.15, 0.2) is 11.6 Å². The van der Waals surface area contributed by atoms with Crippen LogP contribution in [-0.2, 0) is 29.2 Å². The van der Waals surface area contributed by atoms with E-state index in [1.54, 1.807) is 14.2 Å². The SMILES string of the molecule is COC(=O)[C@@H]1[C@H](O)CCN1c1cc2c3c(c1)nc(-c1ccc4oc(N(Cc5ccc(OC)cc5)Cc5ccc(OC)cc5)nc4c1)n3CCCCO2. The number of aliphatic hydroxyl groups excluding tert-OH is 1. The van der Waals surface area contributed by atoms with Gasteiger partial charge in [0, 0.05) is 43.5 Å². The van der Waals surface area contributed by atoms with E-state index in [2.05, 4.69) is 9.47 Å². The van der Waals surface area contributed by atoms with Crippen molar-refractivity contribution in [2.75, 3.05) is 44.3 Å². The zero-order chi connectivity index (χ0) is 35.8. The van der Waals surface area contributed by atoms with Crippen molar-refractivity contribution in [3.8, 4) is 28.6 Å². The highest BCUT2D eigenvalue weighted by Crippen LogP contribution is 2.39. The second-order valence-electron chi connectivity index (χ2n) is 13.2. The van der Waals surface area contributed by atoms with E-state index < -0.39 is 18.1 Å². The predicted molar refractivity (Wildman–Crippen MR) is 197 cm³/mol. The standard InChI is InChI=1S/C40H41N5O7/c1-48-29-11-6-25(7-12-29)23-43(24-26-8-13-30(49-2)14-9-26)40-42-31-20-27(10-15-34(31)52-40)38-41-32-21-28(44-18-16-33(46)37(44)39(47)50-3)22-35-36(32)45(38)17-4-5-19-51-35/h6-15,20-22,33,37,46H,4-5,16-19,23-24H2,1-3H3/t33-,37+/m1/s1. The molecule has 2 aliphatic heterocycles. The number of esters is 1. The number of rotatable bonds is 10. The molecule has 0 aliphatic carbocycles. The number of aromatic nitrogens is 3. The van der Waals surface area contributed by atoms with Gasteiger partial charge in [0.1, 0.15) is 34.1 Å². The Morgan fingerprint density at radius 2 is 1.58 bits per heavy atom. The molecular formula is C40H41N5O7. The van der Waals surface area contributed by atoms with Gasteiger partial charge in [0.05, 0.1) is 39.6 Å². The molecule has 4 heterocycles. The predicted octanol–water partition coefficient (Wildman–Crippen LogP) is 6.35. The molecule has 6 aromatic rings. The number of nitrogens with zero attached hydrogens (tertiary/aromatic N) is 5. The maximum atomic E-state index is 12.7. The van der Waals surface area contributed by atoms with Crippen molar-refractivity contribution < 1.29 is 33.3 Å². The van der Waals surface area contributed by atoms with Crippen LogP contribution >= 0.6 is 0 Å². The zero-order valence-electron chi connectivity index (χ0n) is 29.4. The normalized spacial score (nSPS) is 17.1. The fourth-order valence-corrected chi connectivity index (χ4v) is 7.24. The number of hydrogen-bond donors (Lipinski definition) is 1. The number of benzene rings is 4. The largest absolute Gasteiger partial charge is 0.497 e. The Hall–Kier alpha value is -5.75. The highest BCUT2D eigenvalue weighted by Gasteiger charge is 2.40. The van der Waals surface area contributed by atoms with Gasteiger partial charge in [-0.1, -0.05) is 24.3 Å². The maximum Gasteiger partial charge on any atom is 0.331 e. The van der Waals surface area contributed by atoms with Gasteiger partial charge < -0.3 is 42.8 Å². The highest BCUT2D eigenvalue weighted by atomic mass is 16.5. The van der Waals surface area contributed by atoms with Gasteiger partial charge in [-0.15, -0.1) is 0 Å². The molecule has 52 heavy (non-hydrogen) atoms. The number of hydrogen-bond acceptors (Lipinski definition) is 11. The average molecular weight is 704 g/mol. The van der Waals surface area contributed by atoms with Crippen molar-refractivity contribution >= 4 is 39.8 Å². The summed E-state index contributed by atoms with van der Waals surface area (Å²) < 4.78 is 30.7. The molecule has 268 valence electrons. The third-order valence-corrected chi connectivity index (χ3v) is 9.94. The molecule has 2 aromatic heterocycles. The summed E-state index contributed by atoms with van der Waals surface area (Å²) in [6.07, 6.45) is 1.47. The second-order valence-corrected chi connectivity index (χ2v) is 13.2. The van der Waals surface area contributed by atoms with Gasteiger partial charge in [-0.2, -0.15) is 4.98 Å². The van der Waals surface area contributed by atoms with Crippen molar-refractivity contribution in [1.82, 2.24) is 14.5 Å². The monoisotopic (exact) mass is 703 g/mol. The lowest BCUT2D eigenvalue weighted by molar-refractivity contribution is -0.144. The number of imidazole rings is 1. The van der Waals surface area contributed by atoms with Crippen LogP contribution < -0.4 is 24.0 Å². The number of ether oxygens (including phenoxy) is 4. The van der Waals surface area contributed by atoms with Crippen molar-refractivity contribution in [3.05, 3.63) is 90.0 Å². The van der Waals surface area contributed by atoms with Gasteiger partial charge in [-0.05, 0) is 78.9 Å². The Labute approximate surface area is 301 Å². The molecule has 8 rings (SSSR count). The van der Waals surface area contributed by atoms with Crippen LogP contribution in [0, 0.1) is 0 Å². The first kappa shape index (κ1) is 33.4. The second kappa shape index (κ2) is 14.1. The number of anilines is 2. The van der Waals surface area contributed by atoms with E-state index >= 15 is 0 Å². The molecule has 0 spiro atoms. The smallest absolute Gasteiger partial charge is 0.331 e. The molecule has 0 amide bonds. The van der Waals surface area contributed by atoms with Gasteiger partial charge in [-0.25, -0.2) is 9.78 Å². The molecule has 12 heteroatoms. The summed E-state index contributed by atoms with van der Waals surface area (Å²) >= 11 is 0. The minimum atomic E-state index is -0.818. The summed E-state index contributed by atoms with van der Waals surface area (Å²) in [5.74, 6) is 2.63. The Kier molecular flexibility index (Phi) is 9.06. The first-order valence-corrected chi connectivity index (χ1v) is 17.5. The summed E-state index contributed by atoms with van der Waals surface area (Å²) in [6, 6.07) is 25.6. The summed E-state index contributed by atoms with van der Waals surface area (Å²) in [5.41, 5.74) is 6.88. The van der Waals surface area contributed by atoms with Gasteiger partial charge in [-0.3, -0.25) is 0 Å². The van der Waals surface area contributed by atoms with E-state index in [4.69, 9.17) is 33.3 Å². The van der Waals surface area contributed by atoms with E-state index in [9.17, 15) is 9.90 Å². The minimum Gasteiger partial charge on any atom is -0.497 e. The van der Waals surface area contributed by atoms with Gasteiger partial charge in [0.2, 0.25) is 0 Å². The van der Waals surface area contributed by atoms with E-state index in [-0.39, 0.29) is 0 Å². The first-order valence-electron chi connectivity index (χ1n) is 17.5. The number of oxazole rings is 1. The van der Waals surface area contributed by atoms with Gasteiger partial charge in [0.25, 0.3) is 6.01 Å². The Balaban J connectivity index is 1.16. The van der Waals surface area contributed by atoms with Crippen molar-refractivity contribution in [3.63, 3.8) is 0 Å². The third-order valence-electron chi connectivity index (χ3n) is 9.94. The molecule has 4 aromatic carbocycles. The maximum absolute atomic E-state index is 12.7. The minimum absolute atomic E-state index is 0.463. The van der Waals surface area contributed by atoms with Crippen molar-refractivity contribution in [1.29, 1.82) is 0 Å². The number of carbonyl (C=O) groups is 1. The molecule has 0 saturated carbocycles. The molecule has 0 unspecified atom stereocenters. The summed E-state index contributed by atoms with van der Waals surface area (Å²) in [4.78, 5) is 26.8. The fourth-order valence-electron chi connectivity index (χ4n) is 7.24. The Morgan fingerprint density at radius 1 is 0.865 bits per heavy atom. The van der Waals surface area contributed by atoms with Gasteiger partial charge >= 0.3 is 5.97 Å². The summed E-state index contributed by atoms with van der Waals surface area (Å²) in [5, 5.41) is 10.6. The average Bonchev–Trinajstić information content (AvgIpc) is 3.88. The topological polar surface area (TPSA) is 125 Å². The molecule has 2 aliphatic rings. The Bertz CT molecular complexity index is 2160. The number of fused-ring (bicyclic) bond motifs is 1. The van der Waals surface area contributed by atoms with Crippen LogP contribution in [0.5, 0.6) is 17.2 Å². The van der Waals surface area contributed by atoms with E-state index in [1.165, 1.54) is 7.11 Å². The molecule has 2 atom stereocenters. The van der Waals surface area contributed by atoms with Crippen molar-refractivity contribution in [2.24, 2.45) is 0 Å². The molecule has 0 radical (unpaired) electrons. The Morgan fingerprint density at radius 3 is 2.25 bits per heavy atom. The third kappa shape index (κ3) is 6.34. The van der Waals surface area contributed by atoms with E-state index in [0.717, 1.165) is 75.6 Å². The highest BCUT2D eigenvalue weighted by molar-refractivity contribution is 5.92. The zero-order valence-corrected chi connectivity index (χ0v) is 29.4. The van der Waals surface area contributed by atoms with E-state index in [0.29, 0.717) is 50.0 Å². The van der Waals surface area contributed by atoms with Crippen LogP contribution in [0.15, 0.2) is 83.3 Å². The quantitative estimate of drug-likeness (QED) is 0.161. The van der Waals surface area contributed by atoms with Crippen molar-refractivity contribution in [2.45, 2.75) is 51.0 Å². The van der Waals surface area contributed by atoms with Crippen LogP contribution in [0.4, 0.5) is 11.7 Å². The molecule has 12 nitrogen and oxygen atoms in total. The molecule has 0 bridgehead atoms. The van der Waals surface area contributed by atoms with Crippen LogP contribution in [0.2, 0.25) is 0 Å². The number of aryl methyl sites for hydroxylation is 1. The number of aliphatic hydroxyl groups is 1. The van der Waals surface area contributed by atoms with Crippen LogP contribution in [0.3, 0.4) is 0 Å².